The molecule has 1 fully saturated rings. The van der Waals surface area contributed by atoms with Crippen molar-refractivity contribution in [1.29, 1.82) is 0 Å². The molecule has 0 aromatic carbocycles. The van der Waals surface area contributed by atoms with Gasteiger partial charge in [0.1, 0.15) is 0 Å². The lowest BCUT2D eigenvalue weighted by molar-refractivity contribution is 0.428. The zero-order valence-corrected chi connectivity index (χ0v) is 9.45. The Kier molecular flexibility index (Phi) is 2.97. The van der Waals surface area contributed by atoms with Gasteiger partial charge in [0.2, 0.25) is 5.96 Å². The third-order valence-corrected chi connectivity index (χ3v) is 2.59. The number of piperidine rings is 1. The minimum Gasteiger partial charge on any atom is -0.370 e. The molecule has 0 bridgehead atoms. The van der Waals surface area contributed by atoms with Gasteiger partial charge in [-0.3, -0.25) is 11.1 Å². The van der Waals surface area contributed by atoms with Gasteiger partial charge in [-0.25, -0.2) is 9.98 Å². The zero-order valence-electron chi connectivity index (χ0n) is 9.45. The Morgan fingerprint density at radius 1 is 1.44 bits per heavy atom. The maximum Gasteiger partial charge on any atom is 0.201 e. The number of hydrogen-bond acceptors (Lipinski definition) is 5. The molecule has 1 unspecified atom stereocenters. The van der Waals surface area contributed by atoms with Gasteiger partial charge in [0, 0.05) is 0 Å². The van der Waals surface area contributed by atoms with Crippen LogP contribution in [0.2, 0.25) is 0 Å². The molecular weight excluding hydrogens is 206 g/mol. The Hall–Kier alpha value is -1.34. The molecule has 2 aliphatic heterocycles. The molecule has 2 heterocycles. The number of guanidine groups is 2. The summed E-state index contributed by atoms with van der Waals surface area (Å²) < 4.78 is 0. The van der Waals surface area contributed by atoms with Crippen molar-refractivity contribution < 1.29 is 0 Å². The maximum absolute atomic E-state index is 5.85. The fourth-order valence-electron chi connectivity index (χ4n) is 1.88. The molecule has 1 atom stereocenters. The smallest absolute Gasteiger partial charge is 0.201 e. The molecule has 0 aromatic rings. The Labute approximate surface area is 94.8 Å². The van der Waals surface area contributed by atoms with E-state index in [0.717, 1.165) is 25.9 Å². The van der Waals surface area contributed by atoms with Crippen LogP contribution < -0.4 is 27.4 Å². The topological polar surface area (TPSA) is 113 Å². The molecule has 2 aliphatic rings. The van der Waals surface area contributed by atoms with Crippen LogP contribution in [0.5, 0.6) is 0 Å². The van der Waals surface area contributed by atoms with E-state index in [1.54, 1.807) is 6.92 Å². The van der Waals surface area contributed by atoms with Crippen molar-refractivity contribution >= 4 is 11.9 Å². The average Bonchev–Trinajstić information content (AvgIpc) is 2.15. The summed E-state index contributed by atoms with van der Waals surface area (Å²) in [7, 11) is 0. The molecule has 0 amide bonds. The molecule has 1 saturated heterocycles. The molecule has 0 aromatic heterocycles. The summed E-state index contributed by atoms with van der Waals surface area (Å²) in [4.78, 5) is 8.57. The van der Waals surface area contributed by atoms with Crippen molar-refractivity contribution in [3.05, 3.63) is 0 Å². The molecule has 0 aliphatic carbocycles. The van der Waals surface area contributed by atoms with Crippen molar-refractivity contribution in [2.24, 2.45) is 21.5 Å². The molecule has 0 radical (unpaired) electrons. The van der Waals surface area contributed by atoms with Crippen molar-refractivity contribution in [3.63, 3.8) is 0 Å². The van der Waals surface area contributed by atoms with Crippen LogP contribution in [0.3, 0.4) is 0 Å². The van der Waals surface area contributed by atoms with Gasteiger partial charge < -0.3 is 16.4 Å². The average molecular weight is 225 g/mol. The van der Waals surface area contributed by atoms with Crippen LogP contribution >= 0.6 is 0 Å². The van der Waals surface area contributed by atoms with E-state index in [9.17, 15) is 0 Å². The number of nitrogens with two attached hydrogens (primary N) is 2. The monoisotopic (exact) mass is 225 g/mol. The van der Waals surface area contributed by atoms with E-state index in [1.165, 1.54) is 0 Å². The Balaban J connectivity index is 2.04. The van der Waals surface area contributed by atoms with E-state index in [0.29, 0.717) is 18.0 Å². The van der Waals surface area contributed by atoms with Gasteiger partial charge in [0.25, 0.3) is 0 Å². The minimum absolute atomic E-state index is 0.302. The summed E-state index contributed by atoms with van der Waals surface area (Å²) in [6, 6.07) is 0.318. The van der Waals surface area contributed by atoms with Crippen molar-refractivity contribution in [2.45, 2.75) is 31.6 Å². The highest BCUT2D eigenvalue weighted by Crippen LogP contribution is 2.08. The lowest BCUT2D eigenvalue weighted by atomic mass is 10.1. The number of rotatable bonds is 1. The van der Waals surface area contributed by atoms with E-state index >= 15 is 0 Å². The zero-order chi connectivity index (χ0) is 11.6. The normalized spacial score (nSPS) is 34.1. The van der Waals surface area contributed by atoms with Crippen LogP contribution in [0, 0.1) is 0 Å². The predicted octanol–water partition coefficient (Wildman–Crippen LogP) is -1.77. The van der Waals surface area contributed by atoms with E-state index in [4.69, 9.17) is 11.5 Å². The predicted molar refractivity (Wildman–Crippen MR) is 63.8 cm³/mol. The Morgan fingerprint density at radius 3 is 2.75 bits per heavy atom. The van der Waals surface area contributed by atoms with E-state index in [2.05, 4.69) is 25.9 Å². The molecule has 7 heteroatoms. The summed E-state index contributed by atoms with van der Waals surface area (Å²) >= 11 is 0. The molecule has 16 heavy (non-hydrogen) atoms. The summed E-state index contributed by atoms with van der Waals surface area (Å²) in [5, 5.41) is 9.18. The highest BCUT2D eigenvalue weighted by Gasteiger charge is 2.25. The van der Waals surface area contributed by atoms with E-state index < -0.39 is 5.79 Å². The van der Waals surface area contributed by atoms with Gasteiger partial charge in [-0.2, -0.15) is 0 Å². The third kappa shape index (κ3) is 2.83. The van der Waals surface area contributed by atoms with E-state index in [1.807, 2.05) is 0 Å². The van der Waals surface area contributed by atoms with Crippen molar-refractivity contribution in [3.8, 4) is 0 Å². The van der Waals surface area contributed by atoms with Gasteiger partial charge in [-0.05, 0) is 32.9 Å². The van der Waals surface area contributed by atoms with Gasteiger partial charge in [-0.15, -0.1) is 0 Å². The summed E-state index contributed by atoms with van der Waals surface area (Å²) in [5.74, 6) is 0.0435. The molecule has 7 nitrogen and oxygen atoms in total. The van der Waals surface area contributed by atoms with Crippen LogP contribution in [0.1, 0.15) is 19.8 Å². The number of hydrogen-bond donors (Lipinski definition) is 5. The second-order valence-corrected chi connectivity index (χ2v) is 4.35. The van der Waals surface area contributed by atoms with Gasteiger partial charge in [0.15, 0.2) is 11.7 Å². The molecule has 2 rings (SSSR count). The third-order valence-electron chi connectivity index (χ3n) is 2.59. The SMILES string of the molecule is CC1(N)N=C(N)NC(=NC2CCNCC2)N1. The van der Waals surface area contributed by atoms with Crippen LogP contribution in [-0.2, 0) is 0 Å². The van der Waals surface area contributed by atoms with Crippen LogP contribution in [0.25, 0.3) is 0 Å². The van der Waals surface area contributed by atoms with Crippen LogP contribution in [-0.4, -0.2) is 36.8 Å². The molecule has 0 spiro atoms. The largest absolute Gasteiger partial charge is 0.370 e. The van der Waals surface area contributed by atoms with Crippen molar-refractivity contribution in [1.82, 2.24) is 16.0 Å². The summed E-state index contributed by atoms with van der Waals surface area (Å²) in [6.07, 6.45) is 2.07. The first-order chi connectivity index (χ1) is 7.55. The maximum atomic E-state index is 5.85. The first kappa shape index (κ1) is 11.2. The quantitative estimate of drug-likeness (QED) is 0.363. The highest BCUT2D eigenvalue weighted by molar-refractivity contribution is 6.00. The first-order valence-corrected chi connectivity index (χ1v) is 5.53. The second-order valence-electron chi connectivity index (χ2n) is 4.35. The second kappa shape index (κ2) is 4.26. The lowest BCUT2D eigenvalue weighted by Crippen LogP contribution is -2.63. The Bertz CT molecular complexity index is 314. The van der Waals surface area contributed by atoms with E-state index in [-0.39, 0.29) is 0 Å². The number of nitrogens with one attached hydrogen (secondary N) is 3. The molecule has 7 N–H and O–H groups in total. The van der Waals surface area contributed by atoms with Crippen LogP contribution in [0.15, 0.2) is 9.98 Å². The standard InChI is InChI=1S/C9H19N7/c1-9(11)15-7(10)14-8(16-9)13-6-2-4-12-5-3-6/h6,12H,2-5,11H2,1H3,(H4,10,13,14,15,16). The van der Waals surface area contributed by atoms with Gasteiger partial charge in [0.05, 0.1) is 6.04 Å². The fraction of sp³-hybridized carbons (Fsp3) is 0.778. The fourth-order valence-corrected chi connectivity index (χ4v) is 1.88. The number of nitrogens with zero attached hydrogens (tertiary/aromatic N) is 2. The minimum atomic E-state index is -0.874. The number of aliphatic imine (C=N–C) groups is 2. The summed E-state index contributed by atoms with van der Waals surface area (Å²) in [5.41, 5.74) is 11.5. The molecule has 0 saturated carbocycles. The molecular formula is C9H19N7. The molecule has 90 valence electrons. The Morgan fingerprint density at radius 2 is 2.12 bits per heavy atom. The lowest BCUT2D eigenvalue weighted by Gasteiger charge is -2.30. The van der Waals surface area contributed by atoms with Crippen molar-refractivity contribution in [2.75, 3.05) is 13.1 Å². The van der Waals surface area contributed by atoms with Crippen LogP contribution in [0.4, 0.5) is 0 Å². The summed E-state index contributed by atoms with van der Waals surface area (Å²) in [6.45, 7) is 3.76. The van der Waals surface area contributed by atoms with Gasteiger partial charge in [-0.1, -0.05) is 0 Å². The first-order valence-electron chi connectivity index (χ1n) is 5.53. The highest BCUT2D eigenvalue weighted by atomic mass is 15.4. The van der Waals surface area contributed by atoms with Gasteiger partial charge >= 0.3 is 0 Å².